The predicted octanol–water partition coefficient (Wildman–Crippen LogP) is 3.90. The lowest BCUT2D eigenvalue weighted by molar-refractivity contribution is 0.912. The van der Waals surface area contributed by atoms with Gasteiger partial charge in [-0.1, -0.05) is 24.3 Å². The minimum absolute atomic E-state index is 1.27. The fourth-order valence-electron chi connectivity index (χ4n) is 2.28. The zero-order valence-electron chi connectivity index (χ0n) is 7.99. The van der Waals surface area contributed by atoms with Gasteiger partial charge < -0.3 is 0 Å². The summed E-state index contributed by atoms with van der Waals surface area (Å²) >= 11 is 1.84. The molecule has 0 fully saturated rings. The van der Waals surface area contributed by atoms with Crippen LogP contribution in [0.5, 0.6) is 0 Å². The Hall–Kier alpha value is -1.08. The largest absolute Gasteiger partial charge is 0.144 e. The maximum absolute atomic E-state index is 2.28. The number of hydrogen-bond acceptors (Lipinski definition) is 1. The number of fused-ring (bicyclic) bond motifs is 1. The van der Waals surface area contributed by atoms with Gasteiger partial charge in [0, 0.05) is 4.88 Å². The van der Waals surface area contributed by atoms with Crippen molar-refractivity contribution in [2.75, 3.05) is 0 Å². The van der Waals surface area contributed by atoms with Crippen LogP contribution < -0.4 is 0 Å². The molecule has 1 aromatic heterocycles. The van der Waals surface area contributed by atoms with E-state index in [1.807, 2.05) is 11.3 Å². The highest BCUT2D eigenvalue weighted by Gasteiger charge is 2.15. The zero-order valence-corrected chi connectivity index (χ0v) is 8.81. The van der Waals surface area contributed by atoms with Gasteiger partial charge in [-0.3, -0.25) is 0 Å². The third-order valence-corrected chi connectivity index (χ3v) is 3.84. The van der Waals surface area contributed by atoms with Crippen molar-refractivity contribution in [3.05, 3.63) is 46.8 Å². The van der Waals surface area contributed by atoms with Crippen molar-refractivity contribution < 1.29 is 0 Å². The molecule has 0 atom stereocenters. The topological polar surface area (TPSA) is 0 Å². The van der Waals surface area contributed by atoms with E-state index >= 15 is 0 Å². The highest BCUT2D eigenvalue weighted by atomic mass is 32.1. The van der Waals surface area contributed by atoms with Crippen LogP contribution in [0, 0.1) is 0 Å². The molecule has 0 unspecified atom stereocenters. The average Bonchev–Trinajstić information content (AvgIpc) is 2.88. The molecule has 0 aliphatic heterocycles. The summed E-state index contributed by atoms with van der Waals surface area (Å²) in [6, 6.07) is 11.1. The summed E-state index contributed by atoms with van der Waals surface area (Å²) < 4.78 is 0. The fourth-order valence-corrected chi connectivity index (χ4v) is 3.06. The highest BCUT2D eigenvalue weighted by Crippen LogP contribution is 2.34. The summed E-state index contributed by atoms with van der Waals surface area (Å²) in [6.45, 7) is 0. The summed E-state index contributed by atoms with van der Waals surface area (Å²) in [4.78, 5) is 1.42. The van der Waals surface area contributed by atoms with Crippen molar-refractivity contribution in [3.8, 4) is 10.4 Å². The number of aryl methyl sites for hydroxylation is 1. The molecule has 14 heavy (non-hydrogen) atoms. The second-order valence-electron chi connectivity index (χ2n) is 3.77. The molecule has 1 heteroatoms. The molecule has 1 aliphatic rings. The second kappa shape index (κ2) is 3.25. The minimum Gasteiger partial charge on any atom is -0.144 e. The average molecular weight is 200 g/mol. The Kier molecular flexibility index (Phi) is 1.91. The Morgan fingerprint density at radius 3 is 2.86 bits per heavy atom. The van der Waals surface area contributed by atoms with E-state index in [1.54, 1.807) is 11.1 Å². The summed E-state index contributed by atoms with van der Waals surface area (Å²) in [5, 5.41) is 2.16. The van der Waals surface area contributed by atoms with Crippen molar-refractivity contribution >= 4 is 11.3 Å². The van der Waals surface area contributed by atoms with Gasteiger partial charge in [0.25, 0.3) is 0 Å². The van der Waals surface area contributed by atoms with Gasteiger partial charge in [0.2, 0.25) is 0 Å². The van der Waals surface area contributed by atoms with Crippen LogP contribution in [0.25, 0.3) is 10.4 Å². The summed E-state index contributed by atoms with van der Waals surface area (Å²) in [7, 11) is 0. The van der Waals surface area contributed by atoms with Crippen LogP contribution in [-0.4, -0.2) is 0 Å². The molecule has 0 saturated carbocycles. The maximum atomic E-state index is 2.28. The molecule has 0 amide bonds. The molecule has 0 spiro atoms. The van der Waals surface area contributed by atoms with Gasteiger partial charge in [0.1, 0.15) is 0 Å². The van der Waals surface area contributed by atoms with Crippen LogP contribution in [0.15, 0.2) is 35.7 Å². The Morgan fingerprint density at radius 2 is 2.00 bits per heavy atom. The zero-order chi connectivity index (χ0) is 9.38. The normalized spacial score (nSPS) is 14.3. The molecule has 1 aromatic carbocycles. The molecule has 0 nitrogen and oxygen atoms in total. The van der Waals surface area contributed by atoms with Crippen LogP contribution in [0.4, 0.5) is 0 Å². The van der Waals surface area contributed by atoms with Gasteiger partial charge in [0.05, 0.1) is 0 Å². The summed E-state index contributed by atoms with van der Waals surface area (Å²) in [5.74, 6) is 0. The highest BCUT2D eigenvalue weighted by molar-refractivity contribution is 7.13. The summed E-state index contributed by atoms with van der Waals surface area (Å²) in [5.41, 5.74) is 4.63. The van der Waals surface area contributed by atoms with Crippen LogP contribution in [0.1, 0.15) is 17.5 Å². The number of hydrogen-bond donors (Lipinski definition) is 0. The van der Waals surface area contributed by atoms with E-state index in [1.165, 1.54) is 29.7 Å². The summed E-state index contributed by atoms with van der Waals surface area (Å²) in [6.07, 6.45) is 3.87. The van der Waals surface area contributed by atoms with E-state index in [9.17, 15) is 0 Å². The Bertz CT molecular complexity index is 440. The molecule has 2 aromatic rings. The monoisotopic (exact) mass is 200 g/mol. The van der Waals surface area contributed by atoms with Gasteiger partial charge in [-0.25, -0.2) is 0 Å². The molecule has 0 N–H and O–H groups in total. The van der Waals surface area contributed by atoms with Gasteiger partial charge in [-0.2, -0.15) is 0 Å². The maximum Gasteiger partial charge on any atom is 0.0345 e. The van der Waals surface area contributed by atoms with Crippen LogP contribution in [0.3, 0.4) is 0 Å². The van der Waals surface area contributed by atoms with E-state index < -0.39 is 0 Å². The van der Waals surface area contributed by atoms with E-state index in [2.05, 4.69) is 35.7 Å². The van der Waals surface area contributed by atoms with Gasteiger partial charge >= 0.3 is 0 Å². The van der Waals surface area contributed by atoms with Crippen molar-refractivity contribution in [2.45, 2.75) is 19.3 Å². The van der Waals surface area contributed by atoms with Crippen LogP contribution in [0.2, 0.25) is 0 Å². The van der Waals surface area contributed by atoms with E-state index in [0.717, 1.165) is 0 Å². The molecule has 70 valence electrons. The second-order valence-corrected chi connectivity index (χ2v) is 4.72. The van der Waals surface area contributed by atoms with E-state index in [4.69, 9.17) is 0 Å². The third-order valence-electron chi connectivity index (χ3n) is 2.93. The first-order valence-electron chi connectivity index (χ1n) is 5.10. The lowest BCUT2D eigenvalue weighted by atomic mass is 10.0. The Balaban J connectivity index is 2.20. The number of benzene rings is 1. The first-order valence-corrected chi connectivity index (χ1v) is 5.98. The van der Waals surface area contributed by atoms with Gasteiger partial charge in [0.15, 0.2) is 0 Å². The minimum atomic E-state index is 1.27. The molecule has 0 radical (unpaired) electrons. The Morgan fingerprint density at radius 1 is 1.00 bits per heavy atom. The SMILES string of the molecule is c1csc(-c2cccc3c2CCC3)c1. The standard InChI is InChI=1S/C13H12S/c1-4-10-5-2-7-12(11(10)6-1)13-8-3-9-14-13/h2-3,5,7-9H,1,4,6H2. The van der Waals surface area contributed by atoms with Gasteiger partial charge in [-0.15, -0.1) is 11.3 Å². The van der Waals surface area contributed by atoms with Crippen molar-refractivity contribution in [1.82, 2.24) is 0 Å². The third kappa shape index (κ3) is 1.20. The lowest BCUT2D eigenvalue weighted by Gasteiger charge is -2.05. The molecule has 1 aliphatic carbocycles. The Labute approximate surface area is 88.2 Å². The molecule has 3 rings (SSSR count). The van der Waals surface area contributed by atoms with E-state index in [0.29, 0.717) is 0 Å². The first kappa shape index (κ1) is 8.25. The fraction of sp³-hybridized carbons (Fsp3) is 0.231. The van der Waals surface area contributed by atoms with Crippen molar-refractivity contribution in [2.24, 2.45) is 0 Å². The first-order chi connectivity index (χ1) is 6.95. The van der Waals surface area contributed by atoms with Gasteiger partial charge in [-0.05, 0) is 47.4 Å². The molecule has 1 heterocycles. The van der Waals surface area contributed by atoms with E-state index in [-0.39, 0.29) is 0 Å². The lowest BCUT2D eigenvalue weighted by Crippen LogP contribution is -1.85. The van der Waals surface area contributed by atoms with Crippen molar-refractivity contribution in [1.29, 1.82) is 0 Å². The number of rotatable bonds is 1. The number of thiophene rings is 1. The van der Waals surface area contributed by atoms with Crippen LogP contribution >= 0.6 is 11.3 Å². The molecular formula is C13H12S. The molecule has 0 saturated heterocycles. The molecule has 0 bridgehead atoms. The van der Waals surface area contributed by atoms with Crippen LogP contribution in [-0.2, 0) is 12.8 Å². The smallest absolute Gasteiger partial charge is 0.0345 e. The predicted molar refractivity (Wildman–Crippen MR) is 61.8 cm³/mol. The van der Waals surface area contributed by atoms with Crippen molar-refractivity contribution in [3.63, 3.8) is 0 Å². The quantitative estimate of drug-likeness (QED) is 0.655. The molecular weight excluding hydrogens is 188 g/mol.